The van der Waals surface area contributed by atoms with Crippen molar-refractivity contribution in [3.63, 3.8) is 0 Å². The summed E-state index contributed by atoms with van der Waals surface area (Å²) >= 11 is 0. The fraction of sp³-hybridized carbons (Fsp3) is 0.522. The van der Waals surface area contributed by atoms with Crippen molar-refractivity contribution in [3.8, 4) is 0 Å². The van der Waals surface area contributed by atoms with Crippen molar-refractivity contribution in [2.45, 2.75) is 63.8 Å². The molecule has 1 heterocycles. The molecule has 156 valence electrons. The average molecular weight is 398 g/mol. The summed E-state index contributed by atoms with van der Waals surface area (Å²) < 4.78 is 0. The van der Waals surface area contributed by atoms with E-state index in [1.807, 2.05) is 35.2 Å². The lowest BCUT2D eigenvalue weighted by atomic mass is 9.85. The summed E-state index contributed by atoms with van der Waals surface area (Å²) in [7, 11) is 0. The van der Waals surface area contributed by atoms with Gasteiger partial charge in [-0.25, -0.2) is 0 Å². The Bertz CT molecular complexity index is 760. The van der Waals surface area contributed by atoms with Crippen LogP contribution < -0.4 is 11.1 Å². The number of hydrogen-bond acceptors (Lipinski definition) is 3. The molecule has 1 unspecified atom stereocenters. The molecule has 2 atom stereocenters. The van der Waals surface area contributed by atoms with Gasteiger partial charge in [0.25, 0.3) is 0 Å². The van der Waals surface area contributed by atoms with E-state index < -0.39 is 11.9 Å². The molecular weight excluding hydrogens is 366 g/mol. The number of allylic oxidation sites excluding steroid dienone is 2. The van der Waals surface area contributed by atoms with Crippen LogP contribution in [0.1, 0.15) is 56.9 Å². The van der Waals surface area contributed by atoms with Gasteiger partial charge < -0.3 is 16.0 Å². The molecule has 0 radical (unpaired) electrons. The highest BCUT2D eigenvalue weighted by molar-refractivity contribution is 5.87. The topological polar surface area (TPSA) is 92.5 Å². The Labute approximate surface area is 172 Å². The van der Waals surface area contributed by atoms with Crippen molar-refractivity contribution in [2.75, 3.05) is 6.54 Å². The van der Waals surface area contributed by atoms with Crippen molar-refractivity contribution in [2.24, 2.45) is 11.7 Å². The first-order chi connectivity index (χ1) is 14.0. The summed E-state index contributed by atoms with van der Waals surface area (Å²) in [6.45, 7) is 0.786. The number of nitrogens with two attached hydrogens (primary N) is 1. The minimum Gasteiger partial charge on any atom is -0.368 e. The summed E-state index contributed by atoms with van der Waals surface area (Å²) in [6.07, 6.45) is 9.27. The maximum atomic E-state index is 12.7. The van der Waals surface area contributed by atoms with Gasteiger partial charge in [-0.3, -0.25) is 14.4 Å². The number of fused-ring (bicyclic) bond motifs is 1. The van der Waals surface area contributed by atoms with Gasteiger partial charge in [-0.15, -0.1) is 0 Å². The number of primary amides is 1. The predicted octanol–water partition coefficient (Wildman–Crippen LogP) is 2.68. The van der Waals surface area contributed by atoms with E-state index in [2.05, 4.69) is 11.4 Å². The van der Waals surface area contributed by atoms with Crippen LogP contribution in [0.15, 0.2) is 42.1 Å². The highest BCUT2D eigenvalue weighted by atomic mass is 16.2. The van der Waals surface area contributed by atoms with Crippen molar-refractivity contribution in [1.82, 2.24) is 10.2 Å². The van der Waals surface area contributed by atoms with E-state index in [4.69, 9.17) is 5.73 Å². The van der Waals surface area contributed by atoms with E-state index in [1.54, 1.807) is 0 Å². The van der Waals surface area contributed by atoms with Gasteiger partial charge in [0.15, 0.2) is 0 Å². The first kappa shape index (κ1) is 21.1. The van der Waals surface area contributed by atoms with Crippen LogP contribution in [0.3, 0.4) is 0 Å². The zero-order valence-electron chi connectivity index (χ0n) is 16.9. The normalized spacial score (nSPS) is 19.7. The molecule has 6 nitrogen and oxygen atoms in total. The lowest BCUT2D eigenvalue weighted by molar-refractivity contribution is -0.131. The van der Waals surface area contributed by atoms with E-state index >= 15 is 0 Å². The summed E-state index contributed by atoms with van der Waals surface area (Å²) in [5.74, 6) is -0.168. The Kier molecular flexibility index (Phi) is 7.44. The molecule has 1 aliphatic heterocycles. The van der Waals surface area contributed by atoms with Gasteiger partial charge in [-0.1, -0.05) is 36.4 Å². The maximum absolute atomic E-state index is 12.7. The molecular formula is C23H31N3O3. The van der Waals surface area contributed by atoms with Crippen LogP contribution in [0.25, 0.3) is 0 Å². The molecule has 0 saturated carbocycles. The molecule has 6 heteroatoms. The second-order valence-corrected chi connectivity index (χ2v) is 8.01. The molecule has 0 bridgehead atoms. The fourth-order valence-corrected chi connectivity index (χ4v) is 4.32. The minimum absolute atomic E-state index is 0.103. The lowest BCUT2D eigenvalue weighted by Crippen LogP contribution is -2.45. The molecule has 1 saturated heterocycles. The van der Waals surface area contributed by atoms with Crippen LogP contribution in [-0.2, 0) is 20.8 Å². The third-order valence-corrected chi connectivity index (χ3v) is 5.83. The van der Waals surface area contributed by atoms with Gasteiger partial charge in [0, 0.05) is 31.5 Å². The Morgan fingerprint density at radius 2 is 1.86 bits per heavy atom. The van der Waals surface area contributed by atoms with Gasteiger partial charge in [0.05, 0.1) is 0 Å². The summed E-state index contributed by atoms with van der Waals surface area (Å²) in [5, 5.41) is 2.71. The third-order valence-electron chi connectivity index (χ3n) is 5.83. The number of likely N-dealkylation sites (tertiary alicyclic amines) is 1. The smallest absolute Gasteiger partial charge is 0.240 e. The highest BCUT2D eigenvalue weighted by Gasteiger charge is 2.30. The summed E-state index contributed by atoms with van der Waals surface area (Å²) in [6, 6.07) is 8.71. The molecule has 1 aromatic rings. The number of hydrogen-bond donors (Lipinski definition) is 2. The van der Waals surface area contributed by atoms with Crippen LogP contribution in [0.4, 0.5) is 0 Å². The van der Waals surface area contributed by atoms with Gasteiger partial charge >= 0.3 is 0 Å². The summed E-state index contributed by atoms with van der Waals surface area (Å²) in [5.41, 5.74) is 7.59. The number of amides is 3. The Morgan fingerprint density at radius 1 is 1.10 bits per heavy atom. The van der Waals surface area contributed by atoms with Crippen LogP contribution >= 0.6 is 0 Å². The molecule has 1 fully saturated rings. The number of piperidine rings is 1. The summed E-state index contributed by atoms with van der Waals surface area (Å²) in [4.78, 5) is 38.6. The molecule has 3 N–H and O–H groups in total. The van der Waals surface area contributed by atoms with E-state index in [1.165, 1.54) is 25.0 Å². The van der Waals surface area contributed by atoms with Crippen LogP contribution in [-0.4, -0.2) is 35.2 Å². The first-order valence-corrected chi connectivity index (χ1v) is 10.7. The first-order valence-electron chi connectivity index (χ1n) is 10.7. The van der Waals surface area contributed by atoms with Crippen molar-refractivity contribution in [3.05, 3.63) is 47.7 Å². The zero-order chi connectivity index (χ0) is 20.6. The second kappa shape index (κ2) is 10.2. The highest BCUT2D eigenvalue weighted by Crippen LogP contribution is 2.35. The second-order valence-electron chi connectivity index (χ2n) is 8.01. The molecule has 0 spiro atoms. The Balaban J connectivity index is 1.45. The van der Waals surface area contributed by atoms with Gasteiger partial charge in [0.2, 0.25) is 17.7 Å². The molecule has 1 aromatic carbocycles. The number of carbonyl (C=O) groups excluding carboxylic acids is 3. The number of benzene rings is 1. The number of nitrogens with zero attached hydrogens (tertiary/aromatic N) is 1. The monoisotopic (exact) mass is 397 g/mol. The number of nitrogens with one attached hydrogen (secondary N) is 1. The van der Waals surface area contributed by atoms with E-state index in [9.17, 15) is 14.4 Å². The fourth-order valence-electron chi connectivity index (χ4n) is 4.32. The minimum atomic E-state index is -0.740. The average Bonchev–Trinajstić information content (AvgIpc) is 2.73. The van der Waals surface area contributed by atoms with Gasteiger partial charge in [-0.05, 0) is 50.0 Å². The van der Waals surface area contributed by atoms with Crippen molar-refractivity contribution < 1.29 is 14.4 Å². The quantitative estimate of drug-likeness (QED) is 0.706. The van der Waals surface area contributed by atoms with Gasteiger partial charge in [-0.2, -0.15) is 0 Å². The molecule has 0 aromatic heterocycles. The molecule has 1 aliphatic carbocycles. The van der Waals surface area contributed by atoms with Gasteiger partial charge in [0.1, 0.15) is 6.04 Å². The largest absolute Gasteiger partial charge is 0.368 e. The molecule has 3 amide bonds. The zero-order valence-corrected chi connectivity index (χ0v) is 16.9. The standard InChI is InChI=1S/C23H31N3O3/c24-23(29)19(16-17-8-2-1-3-9-17)25-21(27)13-6-14-22(28)26-15-7-11-18-10-4-5-12-20(18)26/h1-3,8-9,12,18-19H,4-7,10-11,13-16H2,(H2,24,29)(H,25,27)/t18?,19-/m1/s1. The Hall–Kier alpha value is -2.63. The lowest BCUT2D eigenvalue weighted by Gasteiger charge is -2.38. The molecule has 29 heavy (non-hydrogen) atoms. The van der Waals surface area contributed by atoms with E-state index in [-0.39, 0.29) is 18.2 Å². The van der Waals surface area contributed by atoms with Crippen molar-refractivity contribution in [1.29, 1.82) is 0 Å². The molecule has 2 aliphatic rings. The maximum Gasteiger partial charge on any atom is 0.240 e. The van der Waals surface area contributed by atoms with Crippen molar-refractivity contribution >= 4 is 17.7 Å². The van der Waals surface area contributed by atoms with E-state index in [0.29, 0.717) is 25.2 Å². The van der Waals surface area contributed by atoms with Crippen LogP contribution in [0.2, 0.25) is 0 Å². The van der Waals surface area contributed by atoms with E-state index in [0.717, 1.165) is 24.9 Å². The predicted molar refractivity (Wildman–Crippen MR) is 111 cm³/mol. The number of rotatable bonds is 8. The molecule has 3 rings (SSSR count). The third kappa shape index (κ3) is 5.92. The van der Waals surface area contributed by atoms with Crippen LogP contribution in [0, 0.1) is 5.92 Å². The van der Waals surface area contributed by atoms with Crippen LogP contribution in [0.5, 0.6) is 0 Å². The SMILES string of the molecule is NC(=O)[C@@H](Cc1ccccc1)NC(=O)CCCC(=O)N1CCCC2CCCC=C21. The Morgan fingerprint density at radius 3 is 2.62 bits per heavy atom. The number of carbonyl (C=O) groups is 3.